The van der Waals surface area contributed by atoms with E-state index in [-0.39, 0.29) is 11.4 Å². The monoisotopic (exact) mass is 355 g/mol. The van der Waals surface area contributed by atoms with Crippen molar-refractivity contribution in [3.8, 4) is 0 Å². The second-order valence-corrected chi connectivity index (χ2v) is 7.27. The van der Waals surface area contributed by atoms with Crippen LogP contribution in [0.2, 0.25) is 0 Å². The molecule has 0 saturated carbocycles. The molecule has 1 aromatic heterocycles. The number of anilines is 1. The van der Waals surface area contributed by atoms with Crippen LogP contribution in [0.4, 0.5) is 10.2 Å². The number of hydrogen-bond donors (Lipinski definition) is 1. The van der Waals surface area contributed by atoms with Crippen LogP contribution in [-0.4, -0.2) is 31.3 Å². The molecule has 0 bridgehead atoms. The average Bonchev–Trinajstić information content (AvgIpc) is 3.23. The lowest BCUT2D eigenvalue weighted by molar-refractivity contribution is 0.0357. The van der Waals surface area contributed by atoms with Gasteiger partial charge in [-0.1, -0.05) is 18.2 Å². The number of hydrogen-bond acceptors (Lipinski definition) is 4. The maximum Gasteiger partial charge on any atom is 0.128 e. The van der Waals surface area contributed by atoms with Crippen LogP contribution < -0.4 is 10.2 Å². The summed E-state index contributed by atoms with van der Waals surface area (Å²) in [6.07, 6.45) is 6.26. The minimum atomic E-state index is -0.197. The second kappa shape index (κ2) is 7.72. The van der Waals surface area contributed by atoms with Gasteiger partial charge in [0.25, 0.3) is 0 Å². The first-order valence-corrected chi connectivity index (χ1v) is 9.54. The summed E-state index contributed by atoms with van der Waals surface area (Å²) in [7, 11) is 0. The van der Waals surface area contributed by atoms with Crippen molar-refractivity contribution in [2.45, 2.75) is 37.8 Å². The summed E-state index contributed by atoms with van der Waals surface area (Å²) in [5, 5.41) is 3.72. The van der Waals surface area contributed by atoms with Crippen molar-refractivity contribution in [3.05, 3.63) is 59.5 Å². The second-order valence-electron chi connectivity index (χ2n) is 7.27. The van der Waals surface area contributed by atoms with Gasteiger partial charge in [0.05, 0.1) is 0 Å². The maximum atomic E-state index is 13.3. The highest BCUT2D eigenvalue weighted by Crippen LogP contribution is 2.32. The van der Waals surface area contributed by atoms with Crippen molar-refractivity contribution < 1.29 is 9.13 Å². The molecule has 0 spiro atoms. The zero-order chi connectivity index (χ0) is 17.8. The molecule has 2 aliphatic heterocycles. The Morgan fingerprint density at radius 3 is 2.42 bits per heavy atom. The molecule has 3 heterocycles. The fourth-order valence-electron chi connectivity index (χ4n) is 3.98. The molecule has 2 saturated heterocycles. The van der Waals surface area contributed by atoms with E-state index in [2.05, 4.69) is 27.3 Å². The zero-order valence-electron chi connectivity index (χ0n) is 15.1. The molecule has 4 rings (SSSR count). The number of pyridine rings is 1. The van der Waals surface area contributed by atoms with Gasteiger partial charge in [0.15, 0.2) is 0 Å². The summed E-state index contributed by atoms with van der Waals surface area (Å²) in [4.78, 5) is 6.99. The van der Waals surface area contributed by atoms with Crippen LogP contribution in [0.3, 0.4) is 0 Å². The smallest absolute Gasteiger partial charge is 0.128 e. The van der Waals surface area contributed by atoms with Gasteiger partial charge in [0, 0.05) is 44.6 Å². The quantitative estimate of drug-likeness (QED) is 0.889. The zero-order valence-corrected chi connectivity index (χ0v) is 15.1. The molecule has 1 N–H and O–H groups in total. The molecule has 0 unspecified atom stereocenters. The summed E-state index contributed by atoms with van der Waals surface area (Å²) < 4.78 is 18.9. The highest BCUT2D eigenvalue weighted by Gasteiger charge is 2.33. The van der Waals surface area contributed by atoms with Gasteiger partial charge in [-0.25, -0.2) is 9.37 Å². The number of benzene rings is 1. The van der Waals surface area contributed by atoms with Gasteiger partial charge >= 0.3 is 0 Å². The van der Waals surface area contributed by atoms with Crippen LogP contribution in [0, 0.1) is 5.82 Å². The average molecular weight is 355 g/mol. The van der Waals surface area contributed by atoms with Crippen LogP contribution in [0.25, 0.3) is 0 Å². The standard InChI is InChI=1S/C21H26FN3O/c22-19-6-4-18(5-7-19)21(9-13-26-14-10-21)24-16-17-3-8-20(23-15-17)25-11-1-2-12-25/h3-8,15,24H,1-2,9-14,16H2. The Balaban J connectivity index is 1.47. The molecule has 138 valence electrons. The predicted octanol–water partition coefficient (Wildman–Crippen LogP) is 3.62. The Morgan fingerprint density at radius 2 is 1.77 bits per heavy atom. The molecule has 5 heteroatoms. The van der Waals surface area contributed by atoms with Crippen molar-refractivity contribution in [2.75, 3.05) is 31.2 Å². The van der Waals surface area contributed by atoms with E-state index in [4.69, 9.17) is 4.74 Å². The van der Waals surface area contributed by atoms with E-state index in [0.29, 0.717) is 0 Å². The summed E-state index contributed by atoms with van der Waals surface area (Å²) in [6.45, 7) is 4.40. The van der Waals surface area contributed by atoms with E-state index in [0.717, 1.165) is 57.1 Å². The lowest BCUT2D eigenvalue weighted by Gasteiger charge is -2.39. The molecular formula is C21H26FN3O. The fraction of sp³-hybridized carbons (Fsp3) is 0.476. The SMILES string of the molecule is Fc1ccc(C2(NCc3ccc(N4CCCC4)nc3)CCOCC2)cc1. The van der Waals surface area contributed by atoms with E-state index in [1.165, 1.54) is 18.4 Å². The Bertz CT molecular complexity index is 705. The molecular weight excluding hydrogens is 329 g/mol. The molecule has 2 aliphatic rings. The van der Waals surface area contributed by atoms with Crippen LogP contribution in [-0.2, 0) is 16.8 Å². The first-order valence-electron chi connectivity index (χ1n) is 9.54. The first-order chi connectivity index (χ1) is 12.8. The van der Waals surface area contributed by atoms with Crippen molar-refractivity contribution in [1.29, 1.82) is 0 Å². The van der Waals surface area contributed by atoms with Crippen LogP contribution in [0.5, 0.6) is 0 Å². The fourth-order valence-corrected chi connectivity index (χ4v) is 3.98. The van der Waals surface area contributed by atoms with Gasteiger partial charge in [0.1, 0.15) is 11.6 Å². The van der Waals surface area contributed by atoms with E-state index in [1.54, 1.807) is 12.1 Å². The van der Waals surface area contributed by atoms with E-state index in [1.807, 2.05) is 18.3 Å². The Kier molecular flexibility index (Phi) is 5.18. The van der Waals surface area contributed by atoms with Gasteiger partial charge in [-0.3, -0.25) is 0 Å². The summed E-state index contributed by atoms with van der Waals surface area (Å²) in [5.74, 6) is 0.878. The highest BCUT2D eigenvalue weighted by atomic mass is 19.1. The largest absolute Gasteiger partial charge is 0.381 e. The number of rotatable bonds is 5. The summed E-state index contributed by atoms with van der Waals surface area (Å²) in [6, 6.07) is 11.1. The lowest BCUT2D eigenvalue weighted by Crippen LogP contribution is -2.46. The first kappa shape index (κ1) is 17.4. The lowest BCUT2D eigenvalue weighted by atomic mass is 9.82. The summed E-state index contributed by atoms with van der Waals surface area (Å²) >= 11 is 0. The number of nitrogens with one attached hydrogen (secondary N) is 1. The third-order valence-corrected chi connectivity index (χ3v) is 5.61. The van der Waals surface area contributed by atoms with Crippen molar-refractivity contribution in [3.63, 3.8) is 0 Å². The number of nitrogens with zero attached hydrogens (tertiary/aromatic N) is 2. The number of aromatic nitrogens is 1. The molecule has 26 heavy (non-hydrogen) atoms. The van der Waals surface area contributed by atoms with Crippen LogP contribution >= 0.6 is 0 Å². The van der Waals surface area contributed by atoms with Crippen molar-refractivity contribution >= 4 is 5.82 Å². The Morgan fingerprint density at radius 1 is 1.04 bits per heavy atom. The van der Waals surface area contributed by atoms with E-state index in [9.17, 15) is 4.39 Å². The van der Waals surface area contributed by atoms with Crippen LogP contribution in [0.1, 0.15) is 36.8 Å². The van der Waals surface area contributed by atoms with E-state index < -0.39 is 0 Å². The molecule has 4 nitrogen and oxygen atoms in total. The van der Waals surface area contributed by atoms with Crippen molar-refractivity contribution in [1.82, 2.24) is 10.3 Å². The summed E-state index contributed by atoms with van der Waals surface area (Å²) in [5.41, 5.74) is 2.13. The van der Waals surface area contributed by atoms with Gasteiger partial charge in [-0.15, -0.1) is 0 Å². The minimum absolute atomic E-state index is 0.167. The van der Waals surface area contributed by atoms with Gasteiger partial charge < -0.3 is 15.0 Å². The highest BCUT2D eigenvalue weighted by molar-refractivity contribution is 5.40. The van der Waals surface area contributed by atoms with Gasteiger partial charge in [-0.2, -0.15) is 0 Å². The topological polar surface area (TPSA) is 37.4 Å². The molecule has 0 radical (unpaired) electrons. The molecule has 0 aliphatic carbocycles. The van der Waals surface area contributed by atoms with Gasteiger partial charge in [-0.05, 0) is 55.0 Å². The van der Waals surface area contributed by atoms with E-state index >= 15 is 0 Å². The van der Waals surface area contributed by atoms with Gasteiger partial charge in [0.2, 0.25) is 0 Å². The normalized spacial score (nSPS) is 19.7. The van der Waals surface area contributed by atoms with Crippen molar-refractivity contribution in [2.24, 2.45) is 0 Å². The number of ether oxygens (including phenoxy) is 1. The van der Waals surface area contributed by atoms with Crippen LogP contribution in [0.15, 0.2) is 42.6 Å². The molecule has 2 fully saturated rings. The Hall–Kier alpha value is -1.98. The third-order valence-electron chi connectivity index (χ3n) is 5.61. The molecule has 2 aromatic rings. The Labute approximate surface area is 154 Å². The maximum absolute atomic E-state index is 13.3. The third kappa shape index (κ3) is 3.74. The molecule has 1 aromatic carbocycles. The molecule has 0 amide bonds. The predicted molar refractivity (Wildman–Crippen MR) is 101 cm³/mol. The minimum Gasteiger partial charge on any atom is -0.381 e. The molecule has 0 atom stereocenters. The number of halogens is 1.